The van der Waals surface area contributed by atoms with Gasteiger partial charge in [0.25, 0.3) is 0 Å². The topological polar surface area (TPSA) is 122 Å². The molecule has 186 valence electrons. The van der Waals surface area contributed by atoms with Crippen molar-refractivity contribution < 1.29 is 28.6 Å². The van der Waals surface area contributed by atoms with Crippen molar-refractivity contribution in [1.29, 1.82) is 0 Å². The number of aromatic nitrogens is 3. The zero-order valence-electron chi connectivity index (χ0n) is 20.0. The van der Waals surface area contributed by atoms with E-state index >= 15 is 0 Å². The molecule has 0 aliphatic heterocycles. The number of nitrogens with zero attached hydrogens (tertiary/aromatic N) is 3. The first-order chi connectivity index (χ1) is 16.8. The van der Waals surface area contributed by atoms with Gasteiger partial charge in [0.2, 0.25) is 5.91 Å². The van der Waals surface area contributed by atoms with Gasteiger partial charge in [-0.1, -0.05) is 11.8 Å². The maximum atomic E-state index is 12.7. The van der Waals surface area contributed by atoms with E-state index in [0.29, 0.717) is 29.7 Å². The van der Waals surface area contributed by atoms with Crippen LogP contribution >= 0.6 is 23.1 Å². The average molecular weight is 519 g/mol. The number of ether oxygens (including phenoxy) is 3. The molecule has 0 unspecified atom stereocenters. The Kier molecular flexibility index (Phi) is 8.88. The van der Waals surface area contributed by atoms with Crippen LogP contribution in [0.5, 0.6) is 5.75 Å². The Morgan fingerprint density at radius 2 is 1.74 bits per heavy atom. The van der Waals surface area contributed by atoms with Crippen LogP contribution in [-0.4, -0.2) is 59.2 Å². The number of carbonyl (C=O) groups is 3. The highest BCUT2D eigenvalue weighted by atomic mass is 32.2. The van der Waals surface area contributed by atoms with Crippen LogP contribution in [0.3, 0.4) is 0 Å². The molecule has 0 atom stereocenters. The molecule has 10 nitrogen and oxygen atoms in total. The molecule has 0 aliphatic rings. The van der Waals surface area contributed by atoms with E-state index in [1.54, 1.807) is 6.92 Å². The first kappa shape index (κ1) is 26.2. The average Bonchev–Trinajstić information content (AvgIpc) is 3.42. The third-order valence-corrected chi connectivity index (χ3v) is 7.10. The number of thiophene rings is 1. The molecule has 0 spiro atoms. The van der Waals surface area contributed by atoms with Crippen LogP contribution in [0.2, 0.25) is 0 Å². The van der Waals surface area contributed by atoms with E-state index in [4.69, 9.17) is 14.2 Å². The Morgan fingerprint density at radius 3 is 2.34 bits per heavy atom. The quantitative estimate of drug-likeness (QED) is 0.313. The molecule has 12 heteroatoms. The molecule has 0 aliphatic carbocycles. The Hall–Kier alpha value is -3.38. The highest BCUT2D eigenvalue weighted by Crippen LogP contribution is 2.34. The summed E-state index contributed by atoms with van der Waals surface area (Å²) in [6.07, 6.45) is 0. The van der Waals surface area contributed by atoms with E-state index in [2.05, 4.69) is 15.5 Å². The summed E-state index contributed by atoms with van der Waals surface area (Å²) in [5.74, 6) is -0.135. The molecule has 0 bridgehead atoms. The maximum Gasteiger partial charge on any atom is 0.348 e. The van der Waals surface area contributed by atoms with Crippen LogP contribution in [0, 0.1) is 6.92 Å². The number of methoxy groups -OCH3 is 2. The lowest BCUT2D eigenvalue weighted by molar-refractivity contribution is -0.113. The Bertz CT molecular complexity index is 1220. The van der Waals surface area contributed by atoms with Gasteiger partial charge in [0, 0.05) is 12.1 Å². The minimum atomic E-state index is -0.650. The Balaban J connectivity index is 1.75. The molecular formula is C23H26N4O6S2. The number of hydrogen-bond acceptors (Lipinski definition) is 10. The fourth-order valence-corrected chi connectivity index (χ4v) is 5.22. The summed E-state index contributed by atoms with van der Waals surface area (Å²) in [6.45, 7) is 6.69. The standard InChI is InChI=1S/C23H26N4O6S2/c1-6-27-19(14-8-10-15(11-9-14)33-7-2)25-26-23(27)34-12-16(28)24-20-17(21(29)31-4)13(3)18(35-20)22(30)32-5/h8-11H,6-7,12H2,1-5H3,(H,24,28). The number of rotatable bonds is 10. The van der Waals surface area contributed by atoms with Crippen LogP contribution < -0.4 is 10.1 Å². The molecule has 3 aromatic rings. The van der Waals surface area contributed by atoms with Gasteiger partial charge < -0.3 is 24.1 Å². The lowest BCUT2D eigenvalue weighted by Crippen LogP contribution is -2.16. The third kappa shape index (κ3) is 5.82. The number of esters is 2. The predicted octanol–water partition coefficient (Wildman–Crippen LogP) is 4.04. The zero-order chi connectivity index (χ0) is 25.5. The lowest BCUT2D eigenvalue weighted by Gasteiger charge is -2.09. The first-order valence-corrected chi connectivity index (χ1v) is 12.5. The summed E-state index contributed by atoms with van der Waals surface area (Å²) in [4.78, 5) is 37.3. The minimum Gasteiger partial charge on any atom is -0.494 e. The summed E-state index contributed by atoms with van der Waals surface area (Å²) < 4.78 is 17.0. The first-order valence-electron chi connectivity index (χ1n) is 10.7. The van der Waals surface area contributed by atoms with Gasteiger partial charge in [-0.3, -0.25) is 4.79 Å². The van der Waals surface area contributed by atoms with Gasteiger partial charge in [-0.15, -0.1) is 21.5 Å². The summed E-state index contributed by atoms with van der Waals surface area (Å²) in [7, 11) is 2.48. The van der Waals surface area contributed by atoms with Crippen molar-refractivity contribution in [3.05, 3.63) is 40.3 Å². The zero-order valence-corrected chi connectivity index (χ0v) is 21.7. The molecule has 0 saturated heterocycles. The van der Waals surface area contributed by atoms with E-state index in [1.807, 2.05) is 42.7 Å². The van der Waals surface area contributed by atoms with E-state index in [-0.39, 0.29) is 27.1 Å². The number of thioether (sulfide) groups is 1. The van der Waals surface area contributed by atoms with Crippen LogP contribution in [-0.2, 0) is 20.8 Å². The molecule has 1 N–H and O–H groups in total. The number of hydrogen-bond donors (Lipinski definition) is 1. The lowest BCUT2D eigenvalue weighted by atomic mass is 10.1. The van der Waals surface area contributed by atoms with Crippen LogP contribution in [0.15, 0.2) is 29.4 Å². The molecule has 3 rings (SSSR count). The summed E-state index contributed by atoms with van der Waals surface area (Å²) in [5.41, 5.74) is 1.40. The van der Waals surface area contributed by atoms with Gasteiger partial charge >= 0.3 is 11.9 Å². The molecule has 1 amide bonds. The predicted molar refractivity (Wildman–Crippen MR) is 133 cm³/mol. The summed E-state index contributed by atoms with van der Waals surface area (Å²) >= 11 is 2.18. The van der Waals surface area contributed by atoms with Crippen molar-refractivity contribution in [2.45, 2.75) is 32.5 Å². The van der Waals surface area contributed by atoms with Crippen LogP contribution in [0.4, 0.5) is 5.00 Å². The van der Waals surface area contributed by atoms with E-state index in [9.17, 15) is 14.4 Å². The number of benzene rings is 1. The molecule has 2 heterocycles. The van der Waals surface area contributed by atoms with Gasteiger partial charge in [-0.2, -0.15) is 0 Å². The third-order valence-electron chi connectivity index (χ3n) is 4.95. The van der Waals surface area contributed by atoms with E-state index in [1.165, 1.54) is 26.0 Å². The van der Waals surface area contributed by atoms with E-state index < -0.39 is 11.9 Å². The maximum absolute atomic E-state index is 12.7. The second-order valence-corrected chi connectivity index (χ2v) is 9.05. The minimum absolute atomic E-state index is 0.0204. The monoisotopic (exact) mass is 518 g/mol. The van der Waals surface area contributed by atoms with Gasteiger partial charge in [0.1, 0.15) is 15.6 Å². The van der Waals surface area contributed by atoms with Crippen LogP contribution in [0.1, 0.15) is 39.4 Å². The van der Waals surface area contributed by atoms with Crippen molar-refractivity contribution in [2.24, 2.45) is 0 Å². The number of amides is 1. The number of carbonyl (C=O) groups excluding carboxylic acids is 3. The van der Waals surface area contributed by atoms with Gasteiger partial charge in [-0.05, 0) is 50.6 Å². The van der Waals surface area contributed by atoms with Crippen molar-refractivity contribution in [3.63, 3.8) is 0 Å². The smallest absolute Gasteiger partial charge is 0.348 e. The highest BCUT2D eigenvalue weighted by molar-refractivity contribution is 7.99. The molecule has 35 heavy (non-hydrogen) atoms. The van der Waals surface area contributed by atoms with Crippen LogP contribution in [0.25, 0.3) is 11.4 Å². The second-order valence-electron chi connectivity index (χ2n) is 7.09. The van der Waals surface area contributed by atoms with Crippen molar-refractivity contribution in [1.82, 2.24) is 14.8 Å². The van der Waals surface area contributed by atoms with Gasteiger partial charge in [-0.25, -0.2) is 9.59 Å². The SMILES string of the molecule is CCOc1ccc(-c2nnc(SCC(=O)Nc3sc(C(=O)OC)c(C)c3C(=O)OC)n2CC)cc1. The molecule has 0 radical (unpaired) electrons. The largest absolute Gasteiger partial charge is 0.494 e. The molecule has 0 saturated carbocycles. The Morgan fingerprint density at radius 1 is 1.06 bits per heavy atom. The Labute approximate surface area is 211 Å². The fraction of sp³-hybridized carbons (Fsp3) is 0.348. The molecule has 2 aromatic heterocycles. The highest BCUT2D eigenvalue weighted by Gasteiger charge is 2.27. The second kappa shape index (κ2) is 11.8. The number of nitrogens with one attached hydrogen (secondary N) is 1. The van der Waals surface area contributed by atoms with Crippen molar-refractivity contribution >= 4 is 45.9 Å². The van der Waals surface area contributed by atoms with Crippen molar-refractivity contribution in [2.75, 3.05) is 31.9 Å². The van der Waals surface area contributed by atoms with Gasteiger partial charge in [0.05, 0.1) is 32.1 Å². The normalized spacial score (nSPS) is 10.7. The summed E-state index contributed by atoms with van der Waals surface area (Å²) in [6, 6.07) is 7.57. The van der Waals surface area contributed by atoms with Gasteiger partial charge in [0.15, 0.2) is 11.0 Å². The fourth-order valence-electron chi connectivity index (χ4n) is 3.29. The molecule has 1 aromatic carbocycles. The molecule has 0 fully saturated rings. The molecular weight excluding hydrogens is 492 g/mol. The van der Waals surface area contributed by atoms with Crippen molar-refractivity contribution in [3.8, 4) is 17.1 Å². The van der Waals surface area contributed by atoms with E-state index in [0.717, 1.165) is 22.6 Å². The number of anilines is 1. The summed E-state index contributed by atoms with van der Waals surface area (Å²) in [5, 5.41) is 12.1.